The molecule has 1 N–H and O–H groups in total. The molecule has 0 fully saturated rings. The third kappa shape index (κ3) is 4.58. The second-order valence-electron chi connectivity index (χ2n) is 6.06. The van der Waals surface area contributed by atoms with Crippen LogP contribution in [0.3, 0.4) is 0 Å². The molecule has 1 amide bonds. The normalized spacial score (nSPS) is 11.4. The largest absolute Gasteiger partial charge is 0.378 e. The van der Waals surface area contributed by atoms with E-state index in [1.165, 1.54) is 38.4 Å². The van der Waals surface area contributed by atoms with E-state index in [4.69, 9.17) is 0 Å². The molecule has 0 aliphatic carbocycles. The smallest absolute Gasteiger partial charge is 0.251 e. The van der Waals surface area contributed by atoms with Gasteiger partial charge in [0.05, 0.1) is 4.90 Å². The Morgan fingerprint density at radius 1 is 0.920 bits per heavy atom. The summed E-state index contributed by atoms with van der Waals surface area (Å²) in [6.07, 6.45) is 0. The van der Waals surface area contributed by atoms with Gasteiger partial charge in [0, 0.05) is 46.0 Å². The molecule has 0 aliphatic heterocycles. The Labute approximate surface area is 149 Å². The lowest BCUT2D eigenvalue weighted by molar-refractivity contribution is 0.0951. The van der Waals surface area contributed by atoms with Crippen LogP contribution in [0.15, 0.2) is 53.4 Å². The van der Waals surface area contributed by atoms with Gasteiger partial charge in [-0.15, -0.1) is 0 Å². The molecule has 2 rings (SSSR count). The summed E-state index contributed by atoms with van der Waals surface area (Å²) in [6.45, 7) is 0.407. The summed E-state index contributed by atoms with van der Waals surface area (Å²) in [5, 5.41) is 2.83. The zero-order chi connectivity index (χ0) is 18.6. The summed E-state index contributed by atoms with van der Waals surface area (Å²) in [5.74, 6) is -0.245. The van der Waals surface area contributed by atoms with Crippen molar-refractivity contribution < 1.29 is 13.2 Å². The van der Waals surface area contributed by atoms with Crippen molar-refractivity contribution in [2.75, 3.05) is 33.1 Å². The molecular weight excluding hydrogens is 338 g/mol. The third-order valence-corrected chi connectivity index (χ3v) is 5.63. The number of amides is 1. The van der Waals surface area contributed by atoms with E-state index in [0.717, 1.165) is 15.6 Å². The van der Waals surface area contributed by atoms with E-state index in [9.17, 15) is 13.2 Å². The number of hydrogen-bond acceptors (Lipinski definition) is 4. The standard InChI is InChI=1S/C18H23N3O3S/c1-20(2)16-9-5-14(6-10-16)13-19-18(22)15-7-11-17(12-8-15)25(23,24)21(3)4/h5-12H,13H2,1-4H3,(H,19,22). The first-order chi connectivity index (χ1) is 11.7. The average Bonchev–Trinajstić information content (AvgIpc) is 2.60. The van der Waals surface area contributed by atoms with Gasteiger partial charge in [0.25, 0.3) is 5.91 Å². The highest BCUT2D eigenvalue weighted by molar-refractivity contribution is 7.89. The SMILES string of the molecule is CN(C)c1ccc(CNC(=O)c2ccc(S(=O)(=O)N(C)C)cc2)cc1. The Kier molecular flexibility index (Phi) is 5.81. The maximum Gasteiger partial charge on any atom is 0.251 e. The van der Waals surface area contributed by atoms with Gasteiger partial charge in [-0.3, -0.25) is 4.79 Å². The highest BCUT2D eigenvalue weighted by atomic mass is 32.2. The van der Waals surface area contributed by atoms with Crippen molar-refractivity contribution >= 4 is 21.6 Å². The minimum Gasteiger partial charge on any atom is -0.378 e. The van der Waals surface area contributed by atoms with E-state index in [1.54, 1.807) is 0 Å². The van der Waals surface area contributed by atoms with Crippen molar-refractivity contribution in [3.05, 3.63) is 59.7 Å². The van der Waals surface area contributed by atoms with Crippen LogP contribution in [-0.2, 0) is 16.6 Å². The van der Waals surface area contributed by atoms with Crippen LogP contribution in [0.1, 0.15) is 15.9 Å². The first-order valence-corrected chi connectivity index (χ1v) is 9.23. The molecule has 0 heterocycles. The lowest BCUT2D eigenvalue weighted by Gasteiger charge is -2.13. The maximum absolute atomic E-state index is 12.2. The van der Waals surface area contributed by atoms with Gasteiger partial charge in [0.1, 0.15) is 0 Å². The molecule has 0 radical (unpaired) electrons. The third-order valence-electron chi connectivity index (χ3n) is 3.80. The highest BCUT2D eigenvalue weighted by Gasteiger charge is 2.17. The van der Waals surface area contributed by atoms with Gasteiger partial charge in [-0.2, -0.15) is 0 Å². The first kappa shape index (κ1) is 19.0. The van der Waals surface area contributed by atoms with Gasteiger partial charge >= 0.3 is 0 Å². The Balaban J connectivity index is 2.01. The first-order valence-electron chi connectivity index (χ1n) is 7.79. The summed E-state index contributed by atoms with van der Waals surface area (Å²) in [4.78, 5) is 14.4. The lowest BCUT2D eigenvalue weighted by atomic mass is 10.2. The van der Waals surface area contributed by atoms with Gasteiger partial charge in [0.15, 0.2) is 0 Å². The Hall–Kier alpha value is -2.38. The number of carbonyl (C=O) groups is 1. The average molecular weight is 361 g/mol. The number of rotatable bonds is 6. The van der Waals surface area contributed by atoms with E-state index < -0.39 is 10.0 Å². The molecule has 2 aromatic rings. The maximum atomic E-state index is 12.2. The van der Waals surface area contributed by atoms with Crippen molar-refractivity contribution in [3.8, 4) is 0 Å². The van der Waals surface area contributed by atoms with Crippen LogP contribution in [0.4, 0.5) is 5.69 Å². The van der Waals surface area contributed by atoms with Gasteiger partial charge in [-0.1, -0.05) is 12.1 Å². The molecule has 0 atom stereocenters. The van der Waals surface area contributed by atoms with Gasteiger partial charge in [-0.05, 0) is 42.0 Å². The second-order valence-corrected chi connectivity index (χ2v) is 8.21. The minimum atomic E-state index is -3.49. The molecule has 0 saturated carbocycles. The number of anilines is 1. The Morgan fingerprint density at radius 3 is 1.96 bits per heavy atom. The van der Waals surface area contributed by atoms with Crippen LogP contribution in [0.5, 0.6) is 0 Å². The molecule has 0 aliphatic rings. The van der Waals surface area contributed by atoms with Crippen LogP contribution < -0.4 is 10.2 Å². The summed E-state index contributed by atoms with van der Waals surface area (Å²) in [5.41, 5.74) is 2.50. The van der Waals surface area contributed by atoms with Crippen molar-refractivity contribution in [1.29, 1.82) is 0 Å². The second kappa shape index (κ2) is 7.67. The summed E-state index contributed by atoms with van der Waals surface area (Å²) in [6, 6.07) is 13.8. The van der Waals surface area contributed by atoms with E-state index in [0.29, 0.717) is 12.1 Å². The van der Waals surface area contributed by atoms with Crippen molar-refractivity contribution in [3.63, 3.8) is 0 Å². The van der Waals surface area contributed by atoms with E-state index in [1.807, 2.05) is 43.3 Å². The molecular formula is C18H23N3O3S. The lowest BCUT2D eigenvalue weighted by Crippen LogP contribution is -2.24. The van der Waals surface area contributed by atoms with Crippen molar-refractivity contribution in [2.45, 2.75) is 11.4 Å². The summed E-state index contributed by atoms with van der Waals surface area (Å²) < 4.78 is 25.2. The molecule has 0 unspecified atom stereocenters. The molecule has 25 heavy (non-hydrogen) atoms. The molecule has 0 saturated heterocycles. The van der Waals surface area contributed by atoms with E-state index in [2.05, 4.69) is 5.32 Å². The van der Waals surface area contributed by atoms with E-state index in [-0.39, 0.29) is 10.8 Å². The number of hydrogen-bond donors (Lipinski definition) is 1. The molecule has 0 bridgehead atoms. The van der Waals surface area contributed by atoms with Gasteiger partial charge in [0.2, 0.25) is 10.0 Å². The van der Waals surface area contributed by atoms with E-state index >= 15 is 0 Å². The van der Waals surface area contributed by atoms with Crippen molar-refractivity contribution in [1.82, 2.24) is 9.62 Å². The monoisotopic (exact) mass is 361 g/mol. The zero-order valence-electron chi connectivity index (χ0n) is 14.9. The molecule has 2 aromatic carbocycles. The molecule has 0 spiro atoms. The molecule has 134 valence electrons. The fourth-order valence-corrected chi connectivity index (χ4v) is 3.09. The summed E-state index contributed by atoms with van der Waals surface area (Å²) in [7, 11) is 3.39. The van der Waals surface area contributed by atoms with Crippen molar-refractivity contribution in [2.24, 2.45) is 0 Å². The zero-order valence-corrected chi connectivity index (χ0v) is 15.7. The van der Waals surface area contributed by atoms with Crippen LogP contribution in [0.25, 0.3) is 0 Å². The number of sulfonamides is 1. The number of carbonyl (C=O) groups excluding carboxylic acids is 1. The highest BCUT2D eigenvalue weighted by Crippen LogP contribution is 2.15. The molecule has 6 nitrogen and oxygen atoms in total. The van der Waals surface area contributed by atoms with Gasteiger partial charge < -0.3 is 10.2 Å². The topological polar surface area (TPSA) is 69.7 Å². The number of benzene rings is 2. The minimum absolute atomic E-state index is 0.160. The fraction of sp³-hybridized carbons (Fsp3) is 0.278. The van der Waals surface area contributed by atoms with Crippen LogP contribution in [0.2, 0.25) is 0 Å². The van der Waals surface area contributed by atoms with Crippen LogP contribution >= 0.6 is 0 Å². The predicted molar refractivity (Wildman–Crippen MR) is 99.3 cm³/mol. The van der Waals surface area contributed by atoms with Gasteiger partial charge in [-0.25, -0.2) is 12.7 Å². The van der Waals surface area contributed by atoms with Crippen LogP contribution in [0, 0.1) is 0 Å². The van der Waals surface area contributed by atoms with Crippen LogP contribution in [-0.4, -0.2) is 46.8 Å². The Morgan fingerprint density at radius 2 is 1.48 bits per heavy atom. The quantitative estimate of drug-likeness (QED) is 0.854. The Bertz CT molecular complexity index is 827. The number of nitrogens with zero attached hydrogens (tertiary/aromatic N) is 2. The summed E-state index contributed by atoms with van der Waals surface area (Å²) >= 11 is 0. The molecule has 7 heteroatoms. The molecule has 0 aromatic heterocycles. The fourth-order valence-electron chi connectivity index (χ4n) is 2.19. The number of nitrogens with one attached hydrogen (secondary N) is 1. The predicted octanol–water partition coefficient (Wildman–Crippen LogP) is 1.93.